The van der Waals surface area contributed by atoms with Crippen molar-refractivity contribution >= 4 is 24.1 Å². The third-order valence-electron chi connectivity index (χ3n) is 4.51. The molecule has 0 bridgehead atoms. The molecule has 1 rings (SSSR count). The minimum absolute atomic E-state index is 0.0521. The second-order valence-electron chi connectivity index (χ2n) is 10.4. The van der Waals surface area contributed by atoms with Crippen LogP contribution in [-0.2, 0) is 35.0 Å². The van der Waals surface area contributed by atoms with E-state index in [9.17, 15) is 19.2 Å². The maximum absolute atomic E-state index is 12.4. The van der Waals surface area contributed by atoms with Crippen LogP contribution in [0.1, 0.15) is 61.0 Å². The SMILES string of the molecule is CC(C)C(=O)Oc1ccc(C[C@H](N)C(=O)O[C@@H](C)COC(=O)OCC(C)(C)C)cc1OC(=O)C(C)C. The maximum atomic E-state index is 12.4. The van der Waals surface area contributed by atoms with Gasteiger partial charge < -0.3 is 29.4 Å². The Labute approximate surface area is 212 Å². The number of carbonyl (C=O) groups is 4. The van der Waals surface area contributed by atoms with Gasteiger partial charge in [0.2, 0.25) is 0 Å². The Hall–Kier alpha value is -3.14. The Bertz CT molecular complexity index is 918. The molecular formula is C26H39NO9. The van der Waals surface area contributed by atoms with Crippen molar-refractivity contribution in [1.29, 1.82) is 0 Å². The average Bonchev–Trinajstić information content (AvgIpc) is 2.77. The summed E-state index contributed by atoms with van der Waals surface area (Å²) in [5, 5.41) is 0. The van der Waals surface area contributed by atoms with E-state index < -0.39 is 42.1 Å². The topological polar surface area (TPSA) is 140 Å². The Balaban J connectivity index is 2.77. The molecule has 10 nitrogen and oxygen atoms in total. The van der Waals surface area contributed by atoms with Crippen LogP contribution >= 0.6 is 0 Å². The Morgan fingerprint density at radius 3 is 1.92 bits per heavy atom. The van der Waals surface area contributed by atoms with Gasteiger partial charge in [-0.3, -0.25) is 14.4 Å². The van der Waals surface area contributed by atoms with Crippen molar-refractivity contribution in [2.75, 3.05) is 13.2 Å². The minimum atomic E-state index is -1.04. The quantitative estimate of drug-likeness (QED) is 0.346. The van der Waals surface area contributed by atoms with Crippen LogP contribution in [0.2, 0.25) is 0 Å². The number of esters is 3. The fraction of sp³-hybridized carbons (Fsp3) is 0.615. The molecular weight excluding hydrogens is 470 g/mol. The first-order valence-corrected chi connectivity index (χ1v) is 11.9. The van der Waals surface area contributed by atoms with E-state index in [1.807, 2.05) is 20.8 Å². The lowest BCUT2D eigenvalue weighted by atomic mass is 9.99. The molecule has 0 heterocycles. The van der Waals surface area contributed by atoms with E-state index in [1.54, 1.807) is 40.7 Å². The van der Waals surface area contributed by atoms with E-state index in [0.29, 0.717) is 5.56 Å². The van der Waals surface area contributed by atoms with Crippen LogP contribution in [0.25, 0.3) is 0 Å². The molecule has 0 amide bonds. The highest BCUT2D eigenvalue weighted by Crippen LogP contribution is 2.30. The second-order valence-corrected chi connectivity index (χ2v) is 10.4. The van der Waals surface area contributed by atoms with Crippen molar-refractivity contribution in [2.24, 2.45) is 23.0 Å². The van der Waals surface area contributed by atoms with Gasteiger partial charge >= 0.3 is 24.1 Å². The largest absolute Gasteiger partial charge is 0.508 e. The van der Waals surface area contributed by atoms with Gasteiger partial charge in [0.15, 0.2) is 11.5 Å². The lowest BCUT2D eigenvalue weighted by molar-refractivity contribution is -0.152. The van der Waals surface area contributed by atoms with Gasteiger partial charge in [0.1, 0.15) is 18.8 Å². The molecule has 0 spiro atoms. The summed E-state index contributed by atoms with van der Waals surface area (Å²) in [5.41, 5.74) is 6.36. The van der Waals surface area contributed by atoms with Crippen LogP contribution in [0.3, 0.4) is 0 Å². The van der Waals surface area contributed by atoms with Crippen LogP contribution in [-0.4, -0.2) is 49.4 Å². The number of ether oxygens (including phenoxy) is 5. The van der Waals surface area contributed by atoms with Gasteiger partial charge in [-0.1, -0.05) is 54.5 Å². The van der Waals surface area contributed by atoms with Gasteiger partial charge in [-0.05, 0) is 36.5 Å². The van der Waals surface area contributed by atoms with Crippen LogP contribution in [0, 0.1) is 17.3 Å². The van der Waals surface area contributed by atoms with Crippen LogP contribution in [0.15, 0.2) is 18.2 Å². The first-order chi connectivity index (χ1) is 16.6. The molecule has 2 N–H and O–H groups in total. The van der Waals surface area contributed by atoms with E-state index >= 15 is 0 Å². The molecule has 0 aliphatic rings. The van der Waals surface area contributed by atoms with Gasteiger partial charge in [0.25, 0.3) is 0 Å². The summed E-state index contributed by atoms with van der Waals surface area (Å²) >= 11 is 0. The number of carbonyl (C=O) groups excluding carboxylic acids is 4. The summed E-state index contributed by atoms with van der Waals surface area (Å²) in [4.78, 5) is 48.3. The first kappa shape index (κ1) is 30.9. The smallest absolute Gasteiger partial charge is 0.458 e. The second kappa shape index (κ2) is 13.8. The Kier molecular flexibility index (Phi) is 11.9. The molecule has 0 aliphatic heterocycles. The molecule has 202 valence electrons. The van der Waals surface area contributed by atoms with E-state index in [0.717, 1.165) is 0 Å². The standard InChI is InChI=1S/C26H39NO9/c1-15(2)22(28)35-20-10-9-18(12-21(20)36-23(29)16(3)4)11-19(27)24(30)34-17(5)13-32-25(31)33-14-26(6,7)8/h9-10,12,15-17,19H,11,13-14,27H2,1-8H3/t17-,19-/m0/s1. The summed E-state index contributed by atoms with van der Waals surface area (Å²) in [6, 6.07) is 3.54. The zero-order chi connectivity index (χ0) is 27.6. The normalized spacial score (nSPS) is 13.1. The molecule has 36 heavy (non-hydrogen) atoms. The lowest BCUT2D eigenvalue weighted by Crippen LogP contribution is -2.37. The molecule has 2 atom stereocenters. The third kappa shape index (κ3) is 11.5. The highest BCUT2D eigenvalue weighted by atomic mass is 16.7. The molecule has 0 aliphatic carbocycles. The fourth-order valence-corrected chi connectivity index (χ4v) is 2.46. The predicted molar refractivity (Wildman–Crippen MR) is 131 cm³/mol. The molecule has 0 aromatic heterocycles. The highest BCUT2D eigenvalue weighted by molar-refractivity contribution is 5.78. The summed E-state index contributed by atoms with van der Waals surface area (Å²) in [7, 11) is 0. The van der Waals surface area contributed by atoms with Crippen molar-refractivity contribution in [3.63, 3.8) is 0 Å². The van der Waals surface area contributed by atoms with Gasteiger partial charge in [0.05, 0.1) is 18.4 Å². The molecule has 0 saturated heterocycles. The van der Waals surface area contributed by atoms with E-state index in [4.69, 9.17) is 29.4 Å². The van der Waals surface area contributed by atoms with E-state index in [2.05, 4.69) is 0 Å². The van der Waals surface area contributed by atoms with Crippen molar-refractivity contribution in [3.8, 4) is 11.5 Å². The minimum Gasteiger partial charge on any atom is -0.458 e. The Morgan fingerprint density at radius 2 is 1.39 bits per heavy atom. The van der Waals surface area contributed by atoms with Crippen LogP contribution in [0.4, 0.5) is 4.79 Å². The molecule has 1 aromatic rings. The highest BCUT2D eigenvalue weighted by Gasteiger charge is 2.23. The third-order valence-corrected chi connectivity index (χ3v) is 4.51. The van der Waals surface area contributed by atoms with Crippen molar-refractivity contribution in [1.82, 2.24) is 0 Å². The maximum Gasteiger partial charge on any atom is 0.508 e. The van der Waals surface area contributed by atoms with Gasteiger partial charge in [-0.15, -0.1) is 0 Å². The molecule has 0 saturated carbocycles. The zero-order valence-corrected chi connectivity index (χ0v) is 22.4. The zero-order valence-electron chi connectivity index (χ0n) is 22.4. The average molecular weight is 510 g/mol. The van der Waals surface area contributed by atoms with Crippen molar-refractivity contribution in [3.05, 3.63) is 23.8 Å². The number of hydrogen-bond donors (Lipinski definition) is 1. The predicted octanol–water partition coefficient (Wildman–Crippen LogP) is 3.81. The Morgan fingerprint density at radius 1 is 0.833 bits per heavy atom. The summed E-state index contributed by atoms with van der Waals surface area (Å²) < 4.78 is 26.0. The van der Waals surface area contributed by atoms with Gasteiger partial charge in [-0.2, -0.15) is 0 Å². The number of benzene rings is 1. The number of nitrogens with two attached hydrogens (primary N) is 1. The molecule has 10 heteroatoms. The van der Waals surface area contributed by atoms with Crippen molar-refractivity contribution < 1.29 is 42.9 Å². The summed E-state index contributed by atoms with van der Waals surface area (Å²) in [5.74, 6) is -2.34. The van der Waals surface area contributed by atoms with Crippen LogP contribution < -0.4 is 15.2 Å². The van der Waals surface area contributed by atoms with Crippen molar-refractivity contribution in [2.45, 2.75) is 74.0 Å². The molecule has 1 aromatic carbocycles. The molecule has 0 unspecified atom stereocenters. The van der Waals surface area contributed by atoms with Crippen LogP contribution in [0.5, 0.6) is 11.5 Å². The van der Waals surface area contributed by atoms with Gasteiger partial charge in [0, 0.05) is 0 Å². The number of rotatable bonds is 11. The first-order valence-electron chi connectivity index (χ1n) is 11.9. The number of hydrogen-bond acceptors (Lipinski definition) is 10. The van der Waals surface area contributed by atoms with E-state index in [1.165, 1.54) is 12.1 Å². The summed E-state index contributed by atoms with van der Waals surface area (Å²) in [6.07, 6.45) is -1.53. The summed E-state index contributed by atoms with van der Waals surface area (Å²) in [6.45, 7) is 14.0. The molecule has 0 radical (unpaired) electrons. The monoisotopic (exact) mass is 509 g/mol. The fourth-order valence-electron chi connectivity index (χ4n) is 2.46. The van der Waals surface area contributed by atoms with Gasteiger partial charge in [-0.25, -0.2) is 4.79 Å². The lowest BCUT2D eigenvalue weighted by Gasteiger charge is -2.19. The molecule has 0 fully saturated rings. The van der Waals surface area contributed by atoms with E-state index in [-0.39, 0.29) is 42.5 Å².